The van der Waals surface area contributed by atoms with E-state index in [9.17, 15) is 14.7 Å². The molecule has 1 amide bonds. The molecule has 1 aromatic carbocycles. The fraction of sp³-hybridized carbons (Fsp3) is 0.500. The summed E-state index contributed by atoms with van der Waals surface area (Å²) < 4.78 is 10.6. The van der Waals surface area contributed by atoms with Crippen LogP contribution in [0, 0.1) is 13.8 Å². The second kappa shape index (κ2) is 5.96. The Bertz CT molecular complexity index is 582. The molecule has 1 aliphatic rings. The molecule has 2 atom stereocenters. The monoisotopic (exact) mass is 307 g/mol. The van der Waals surface area contributed by atoms with Gasteiger partial charge < -0.3 is 19.9 Å². The molecule has 6 heteroatoms. The molecule has 1 aliphatic heterocycles. The van der Waals surface area contributed by atoms with E-state index < -0.39 is 23.5 Å². The van der Waals surface area contributed by atoms with Crippen LogP contribution in [-0.2, 0) is 20.7 Å². The molecular weight excluding hydrogens is 286 g/mol. The minimum absolute atomic E-state index is 0.119. The lowest BCUT2D eigenvalue weighted by molar-refractivity contribution is -0.150. The first-order valence-corrected chi connectivity index (χ1v) is 7.08. The number of hydrogen-bond acceptors (Lipinski definition) is 4. The third-order valence-corrected chi connectivity index (χ3v) is 3.95. The molecule has 0 saturated carbocycles. The van der Waals surface area contributed by atoms with Gasteiger partial charge in [-0.05, 0) is 43.5 Å². The van der Waals surface area contributed by atoms with Crippen LogP contribution < -0.4 is 10.1 Å². The number of methoxy groups -OCH3 is 1. The van der Waals surface area contributed by atoms with Crippen molar-refractivity contribution < 1.29 is 24.2 Å². The number of ether oxygens (including phenoxy) is 2. The van der Waals surface area contributed by atoms with Crippen LogP contribution in [0.25, 0.3) is 0 Å². The predicted octanol–water partition coefficient (Wildman–Crippen LogP) is 1.21. The molecule has 0 fully saturated rings. The highest BCUT2D eigenvalue weighted by molar-refractivity contribution is 5.89. The molecule has 0 bridgehead atoms. The van der Waals surface area contributed by atoms with Gasteiger partial charge in [0.1, 0.15) is 5.75 Å². The Morgan fingerprint density at radius 1 is 1.41 bits per heavy atom. The number of carboxylic acid groups (broad SMARTS) is 1. The summed E-state index contributed by atoms with van der Waals surface area (Å²) >= 11 is 0. The summed E-state index contributed by atoms with van der Waals surface area (Å²) in [7, 11) is 1.39. The highest BCUT2D eigenvalue weighted by Gasteiger charge is 2.39. The Balaban J connectivity index is 2.11. The molecule has 1 heterocycles. The number of carbonyl (C=O) groups is 2. The molecule has 0 aliphatic carbocycles. The molecule has 0 aromatic heterocycles. The average Bonchev–Trinajstić information content (AvgIpc) is 2.82. The minimum atomic E-state index is -1.48. The first kappa shape index (κ1) is 16.3. The number of hydrogen-bond donors (Lipinski definition) is 2. The number of benzene rings is 1. The highest BCUT2D eigenvalue weighted by Crippen LogP contribution is 2.31. The van der Waals surface area contributed by atoms with Gasteiger partial charge in [0, 0.05) is 13.5 Å². The zero-order valence-electron chi connectivity index (χ0n) is 13.2. The van der Waals surface area contributed by atoms with E-state index in [0.717, 1.165) is 16.7 Å². The van der Waals surface area contributed by atoms with E-state index in [1.54, 1.807) is 0 Å². The van der Waals surface area contributed by atoms with E-state index in [1.165, 1.54) is 14.0 Å². The maximum Gasteiger partial charge on any atom is 0.331 e. The summed E-state index contributed by atoms with van der Waals surface area (Å²) in [4.78, 5) is 23.7. The Labute approximate surface area is 129 Å². The normalized spacial score (nSPS) is 19.0. The Kier molecular flexibility index (Phi) is 4.42. The van der Waals surface area contributed by atoms with Gasteiger partial charge >= 0.3 is 5.97 Å². The number of aryl methyl sites for hydroxylation is 2. The van der Waals surface area contributed by atoms with Crippen LogP contribution in [0.3, 0.4) is 0 Å². The van der Waals surface area contributed by atoms with E-state index in [4.69, 9.17) is 9.47 Å². The molecule has 2 rings (SSSR count). The summed E-state index contributed by atoms with van der Waals surface area (Å²) in [5, 5.41) is 11.8. The average molecular weight is 307 g/mol. The van der Waals surface area contributed by atoms with Crippen LogP contribution in [0.4, 0.5) is 0 Å². The summed E-state index contributed by atoms with van der Waals surface area (Å²) in [6, 6.07) is 3.91. The Hall–Kier alpha value is -2.08. The van der Waals surface area contributed by atoms with Gasteiger partial charge in [-0.3, -0.25) is 4.79 Å². The standard InChI is InChI=1S/C16H21NO5/c1-9-5-11-7-13(22-12(11)6-10(9)2)14(18)17-16(3,8-21-4)15(19)20/h5-6,13H,7-8H2,1-4H3,(H,17,18)(H,19,20). The second-order valence-corrected chi connectivity index (χ2v) is 5.91. The van der Waals surface area contributed by atoms with Crippen LogP contribution in [-0.4, -0.2) is 42.3 Å². The summed E-state index contributed by atoms with van der Waals surface area (Å²) in [5.74, 6) is -0.912. The number of nitrogens with one attached hydrogen (secondary N) is 1. The minimum Gasteiger partial charge on any atom is -0.480 e. The molecule has 0 spiro atoms. The van der Waals surface area contributed by atoms with Crippen molar-refractivity contribution in [1.82, 2.24) is 5.32 Å². The largest absolute Gasteiger partial charge is 0.480 e. The fourth-order valence-corrected chi connectivity index (χ4v) is 2.45. The van der Waals surface area contributed by atoms with Crippen LogP contribution >= 0.6 is 0 Å². The molecule has 0 radical (unpaired) electrons. The Morgan fingerprint density at radius 3 is 2.64 bits per heavy atom. The van der Waals surface area contributed by atoms with Gasteiger partial charge in [-0.1, -0.05) is 6.07 Å². The fourth-order valence-electron chi connectivity index (χ4n) is 2.45. The van der Waals surface area contributed by atoms with Gasteiger partial charge in [-0.15, -0.1) is 0 Å². The lowest BCUT2D eigenvalue weighted by Crippen LogP contribution is -2.58. The SMILES string of the molecule is COCC(C)(NC(=O)C1Cc2cc(C)c(C)cc2O1)C(=O)O. The first-order chi connectivity index (χ1) is 10.3. The quantitative estimate of drug-likeness (QED) is 0.854. The van der Waals surface area contributed by atoms with Crippen molar-refractivity contribution in [3.63, 3.8) is 0 Å². The lowest BCUT2D eigenvalue weighted by Gasteiger charge is -2.26. The highest BCUT2D eigenvalue weighted by atomic mass is 16.5. The van der Waals surface area contributed by atoms with Crippen molar-refractivity contribution >= 4 is 11.9 Å². The molecule has 0 saturated heterocycles. The number of aliphatic carboxylic acids is 1. The van der Waals surface area contributed by atoms with E-state index in [0.29, 0.717) is 12.2 Å². The van der Waals surface area contributed by atoms with Gasteiger partial charge in [-0.25, -0.2) is 4.79 Å². The van der Waals surface area contributed by atoms with Crippen molar-refractivity contribution in [2.45, 2.75) is 38.8 Å². The van der Waals surface area contributed by atoms with E-state index >= 15 is 0 Å². The molecule has 120 valence electrons. The molecule has 6 nitrogen and oxygen atoms in total. The maximum absolute atomic E-state index is 12.3. The predicted molar refractivity (Wildman–Crippen MR) is 80.1 cm³/mol. The Morgan fingerprint density at radius 2 is 2.05 bits per heavy atom. The van der Waals surface area contributed by atoms with Crippen LogP contribution in [0.15, 0.2) is 12.1 Å². The van der Waals surface area contributed by atoms with Gasteiger partial charge in [0.25, 0.3) is 5.91 Å². The summed E-state index contributed by atoms with van der Waals surface area (Å²) in [5.41, 5.74) is 1.72. The summed E-state index contributed by atoms with van der Waals surface area (Å²) in [6.45, 7) is 5.27. The van der Waals surface area contributed by atoms with Gasteiger partial charge in [0.2, 0.25) is 0 Å². The van der Waals surface area contributed by atoms with Crippen molar-refractivity contribution in [3.8, 4) is 5.75 Å². The smallest absolute Gasteiger partial charge is 0.331 e. The number of carbonyl (C=O) groups excluding carboxylic acids is 1. The van der Waals surface area contributed by atoms with Gasteiger partial charge in [0.15, 0.2) is 11.6 Å². The zero-order valence-corrected chi connectivity index (χ0v) is 13.2. The number of carboxylic acids is 1. The molecule has 1 aromatic rings. The van der Waals surface area contributed by atoms with Crippen molar-refractivity contribution in [2.24, 2.45) is 0 Å². The first-order valence-electron chi connectivity index (χ1n) is 7.08. The van der Waals surface area contributed by atoms with E-state index in [-0.39, 0.29) is 6.61 Å². The van der Waals surface area contributed by atoms with Crippen LogP contribution in [0.5, 0.6) is 5.75 Å². The van der Waals surface area contributed by atoms with Crippen LogP contribution in [0.1, 0.15) is 23.6 Å². The number of rotatable bonds is 5. The molecular formula is C16H21NO5. The lowest BCUT2D eigenvalue weighted by atomic mass is 10.0. The van der Waals surface area contributed by atoms with Gasteiger partial charge in [-0.2, -0.15) is 0 Å². The van der Waals surface area contributed by atoms with E-state index in [2.05, 4.69) is 5.32 Å². The molecule has 22 heavy (non-hydrogen) atoms. The van der Waals surface area contributed by atoms with Crippen LogP contribution in [0.2, 0.25) is 0 Å². The maximum atomic E-state index is 12.3. The topological polar surface area (TPSA) is 84.9 Å². The molecule has 2 N–H and O–H groups in total. The van der Waals surface area contributed by atoms with Gasteiger partial charge in [0.05, 0.1) is 6.61 Å². The van der Waals surface area contributed by atoms with E-state index in [1.807, 2.05) is 26.0 Å². The zero-order chi connectivity index (χ0) is 16.5. The van der Waals surface area contributed by atoms with Crippen molar-refractivity contribution in [3.05, 3.63) is 28.8 Å². The third kappa shape index (κ3) is 3.06. The van der Waals surface area contributed by atoms with Crippen molar-refractivity contribution in [1.29, 1.82) is 0 Å². The second-order valence-electron chi connectivity index (χ2n) is 5.91. The summed E-state index contributed by atoms with van der Waals surface area (Å²) in [6.07, 6.45) is -0.281. The van der Waals surface area contributed by atoms with Crippen molar-refractivity contribution in [2.75, 3.05) is 13.7 Å². The molecule has 2 unspecified atom stereocenters. The number of amides is 1. The number of fused-ring (bicyclic) bond motifs is 1. The third-order valence-electron chi connectivity index (χ3n) is 3.95.